The van der Waals surface area contributed by atoms with Crippen LogP contribution in [0.3, 0.4) is 0 Å². The monoisotopic (exact) mass is 243 g/mol. The van der Waals surface area contributed by atoms with Gasteiger partial charge in [-0.3, -0.25) is 4.90 Å². The molecular formula is C8H18ClNO5. The molecule has 15 heavy (non-hydrogen) atoms. The van der Waals surface area contributed by atoms with Gasteiger partial charge in [0.15, 0.2) is 0 Å². The second-order valence-electron chi connectivity index (χ2n) is 3.60. The minimum Gasteiger partial charge on any atom is -0.395 e. The van der Waals surface area contributed by atoms with Gasteiger partial charge in [-0.15, -0.1) is 12.4 Å². The number of hydrogen-bond acceptors (Lipinski definition) is 6. The Hall–Kier alpha value is 0.0500. The van der Waals surface area contributed by atoms with Crippen molar-refractivity contribution in [3.05, 3.63) is 0 Å². The number of aliphatic hydroxyl groups is 5. The molecule has 0 amide bonds. The van der Waals surface area contributed by atoms with Crippen LogP contribution in [0.4, 0.5) is 0 Å². The average Bonchev–Trinajstić information content (AvgIpc) is 2.42. The molecule has 1 rings (SSSR count). The van der Waals surface area contributed by atoms with E-state index < -0.39 is 24.4 Å². The molecule has 0 radical (unpaired) electrons. The van der Waals surface area contributed by atoms with E-state index in [1.165, 1.54) is 0 Å². The van der Waals surface area contributed by atoms with Gasteiger partial charge in [-0.1, -0.05) is 0 Å². The quantitative estimate of drug-likeness (QED) is 0.364. The molecule has 7 heteroatoms. The van der Waals surface area contributed by atoms with Crippen LogP contribution in [0.2, 0.25) is 0 Å². The van der Waals surface area contributed by atoms with Crippen molar-refractivity contribution in [3.8, 4) is 0 Å². The van der Waals surface area contributed by atoms with Gasteiger partial charge in [-0.05, 0) is 0 Å². The van der Waals surface area contributed by atoms with E-state index in [-0.39, 0.29) is 38.7 Å². The van der Waals surface area contributed by atoms with Crippen LogP contribution in [-0.2, 0) is 0 Å². The lowest BCUT2D eigenvalue weighted by atomic mass is 10.1. The molecule has 0 spiro atoms. The second-order valence-corrected chi connectivity index (χ2v) is 3.60. The molecule has 0 aromatic heterocycles. The third kappa shape index (κ3) is 3.53. The lowest BCUT2D eigenvalue weighted by Gasteiger charge is -2.25. The Kier molecular flexibility index (Phi) is 6.62. The van der Waals surface area contributed by atoms with Crippen LogP contribution >= 0.6 is 12.4 Å². The number of rotatable bonds is 4. The first-order chi connectivity index (χ1) is 6.60. The Morgan fingerprint density at radius 3 is 2.33 bits per heavy atom. The van der Waals surface area contributed by atoms with Gasteiger partial charge >= 0.3 is 0 Å². The van der Waals surface area contributed by atoms with E-state index in [2.05, 4.69) is 0 Å². The summed E-state index contributed by atoms with van der Waals surface area (Å²) >= 11 is 0. The zero-order valence-electron chi connectivity index (χ0n) is 8.23. The van der Waals surface area contributed by atoms with Gasteiger partial charge in [0.1, 0.15) is 0 Å². The highest BCUT2D eigenvalue weighted by molar-refractivity contribution is 5.85. The highest BCUT2D eigenvalue weighted by atomic mass is 35.5. The predicted molar refractivity (Wildman–Crippen MR) is 54.8 cm³/mol. The fourth-order valence-electron chi connectivity index (χ4n) is 1.72. The van der Waals surface area contributed by atoms with E-state index in [0.29, 0.717) is 0 Å². The van der Waals surface area contributed by atoms with Crippen LogP contribution in [0.1, 0.15) is 0 Å². The van der Waals surface area contributed by atoms with Crippen molar-refractivity contribution in [3.63, 3.8) is 0 Å². The topological polar surface area (TPSA) is 104 Å². The van der Waals surface area contributed by atoms with Crippen molar-refractivity contribution in [2.24, 2.45) is 0 Å². The van der Waals surface area contributed by atoms with Crippen LogP contribution in [-0.4, -0.2) is 81.1 Å². The molecule has 92 valence electrons. The zero-order chi connectivity index (χ0) is 10.7. The van der Waals surface area contributed by atoms with Gasteiger partial charge in [0, 0.05) is 13.1 Å². The second kappa shape index (κ2) is 6.59. The van der Waals surface area contributed by atoms with Gasteiger partial charge in [-0.2, -0.15) is 0 Å². The molecule has 1 aliphatic rings. The average molecular weight is 244 g/mol. The van der Waals surface area contributed by atoms with E-state index in [1.54, 1.807) is 4.90 Å². The zero-order valence-corrected chi connectivity index (χ0v) is 9.05. The molecule has 6 nitrogen and oxygen atoms in total. The maximum atomic E-state index is 9.42. The van der Waals surface area contributed by atoms with Crippen LogP contribution in [0.25, 0.3) is 0 Å². The molecule has 1 unspecified atom stereocenters. The van der Waals surface area contributed by atoms with E-state index >= 15 is 0 Å². The molecule has 1 saturated heterocycles. The predicted octanol–water partition coefficient (Wildman–Crippen LogP) is -2.84. The summed E-state index contributed by atoms with van der Waals surface area (Å²) in [5.74, 6) is 0. The van der Waals surface area contributed by atoms with Crippen molar-refractivity contribution in [2.75, 3.05) is 26.3 Å². The third-order valence-electron chi connectivity index (χ3n) is 2.52. The molecular weight excluding hydrogens is 226 g/mol. The van der Waals surface area contributed by atoms with Crippen molar-refractivity contribution >= 4 is 12.4 Å². The Bertz CT molecular complexity index is 184. The fourth-order valence-corrected chi connectivity index (χ4v) is 1.72. The van der Waals surface area contributed by atoms with Gasteiger partial charge in [0.05, 0.1) is 37.6 Å². The molecule has 1 fully saturated rings. The number of hydrogen-bond donors (Lipinski definition) is 5. The van der Waals surface area contributed by atoms with Crippen LogP contribution in [0, 0.1) is 0 Å². The molecule has 0 aromatic rings. The molecule has 5 N–H and O–H groups in total. The normalized spacial score (nSPS) is 33.8. The maximum absolute atomic E-state index is 9.42. The van der Waals surface area contributed by atoms with E-state index in [0.717, 1.165) is 0 Å². The maximum Gasteiger partial charge on any atom is 0.0988 e. The van der Waals surface area contributed by atoms with Crippen molar-refractivity contribution in [1.82, 2.24) is 4.90 Å². The number of nitrogens with zero attached hydrogens (tertiary/aromatic N) is 1. The summed E-state index contributed by atoms with van der Waals surface area (Å²) in [6.45, 7) is -0.323. The van der Waals surface area contributed by atoms with E-state index in [1.807, 2.05) is 0 Å². The summed E-state index contributed by atoms with van der Waals surface area (Å²) in [6.07, 6.45) is -2.81. The molecule has 0 bridgehead atoms. The first kappa shape index (κ1) is 15.0. The van der Waals surface area contributed by atoms with Crippen molar-refractivity contribution < 1.29 is 25.5 Å². The van der Waals surface area contributed by atoms with Gasteiger partial charge in [-0.25, -0.2) is 0 Å². The molecule has 0 aliphatic carbocycles. The van der Waals surface area contributed by atoms with Gasteiger partial charge in [0.25, 0.3) is 0 Å². The number of β-amino-alcohol motifs (C(OH)–C–C–N with tert-alkyl or cyclic N) is 2. The smallest absolute Gasteiger partial charge is 0.0988 e. The molecule has 1 heterocycles. The summed E-state index contributed by atoms with van der Waals surface area (Å²) < 4.78 is 0. The largest absolute Gasteiger partial charge is 0.395 e. The van der Waals surface area contributed by atoms with Crippen LogP contribution in [0.15, 0.2) is 0 Å². The minimum absolute atomic E-state index is 0. The van der Waals surface area contributed by atoms with Crippen molar-refractivity contribution in [2.45, 2.75) is 24.4 Å². The Morgan fingerprint density at radius 2 is 1.87 bits per heavy atom. The molecule has 0 aromatic carbocycles. The van der Waals surface area contributed by atoms with Crippen LogP contribution < -0.4 is 0 Å². The standard InChI is InChI=1S/C8H17NO5.ClH/c10-3-5(12)1-9-2-7(13)8(14)6(9)4-11;/h5-8,10-14H,1-4H2;1H/t5?,6-,7-,8-;/m1./s1. The first-order valence-electron chi connectivity index (χ1n) is 4.60. The number of halogens is 1. The molecule has 1 aliphatic heterocycles. The highest BCUT2D eigenvalue weighted by Crippen LogP contribution is 2.18. The van der Waals surface area contributed by atoms with E-state index in [4.69, 9.17) is 15.3 Å². The molecule has 4 atom stereocenters. The summed E-state index contributed by atoms with van der Waals surface area (Å²) in [5.41, 5.74) is 0. The summed E-state index contributed by atoms with van der Waals surface area (Å²) in [6, 6.07) is -0.564. The Morgan fingerprint density at radius 1 is 1.27 bits per heavy atom. The summed E-state index contributed by atoms with van der Waals surface area (Å²) in [4.78, 5) is 1.57. The summed E-state index contributed by atoms with van der Waals surface area (Å²) in [5, 5.41) is 45.5. The number of likely N-dealkylation sites (tertiary alicyclic amines) is 1. The van der Waals surface area contributed by atoms with Gasteiger partial charge in [0.2, 0.25) is 0 Å². The number of aliphatic hydroxyl groups excluding tert-OH is 5. The van der Waals surface area contributed by atoms with E-state index in [9.17, 15) is 10.2 Å². The minimum atomic E-state index is -0.995. The van der Waals surface area contributed by atoms with Gasteiger partial charge < -0.3 is 25.5 Å². The third-order valence-corrected chi connectivity index (χ3v) is 2.52. The lowest BCUT2D eigenvalue weighted by molar-refractivity contribution is 0.0104. The Labute approximate surface area is 94.2 Å². The molecule has 0 saturated carbocycles. The highest BCUT2D eigenvalue weighted by Gasteiger charge is 2.39. The Balaban J connectivity index is 0.00000196. The summed E-state index contributed by atoms with van der Waals surface area (Å²) in [7, 11) is 0. The SMILES string of the molecule is Cl.OCC(O)CN1C[C@@H](O)[C@H](O)[C@H]1CO. The lowest BCUT2D eigenvalue weighted by Crippen LogP contribution is -2.43. The van der Waals surface area contributed by atoms with Crippen molar-refractivity contribution in [1.29, 1.82) is 0 Å². The first-order valence-corrected chi connectivity index (χ1v) is 4.60. The fraction of sp³-hybridized carbons (Fsp3) is 1.00. The van der Waals surface area contributed by atoms with Crippen LogP contribution in [0.5, 0.6) is 0 Å².